The molecule has 0 atom stereocenters. The number of rotatable bonds is 3. The van der Waals surface area contributed by atoms with Crippen molar-refractivity contribution in [1.29, 1.82) is 0 Å². The second-order valence-corrected chi connectivity index (χ2v) is 7.01. The van der Waals surface area contributed by atoms with Crippen molar-refractivity contribution in [2.75, 3.05) is 32.7 Å². The fourth-order valence-electron chi connectivity index (χ4n) is 3.54. The van der Waals surface area contributed by atoms with E-state index in [0.717, 1.165) is 12.0 Å². The summed E-state index contributed by atoms with van der Waals surface area (Å²) in [7, 11) is 0. The van der Waals surface area contributed by atoms with Crippen molar-refractivity contribution in [2.24, 2.45) is 11.3 Å². The molecule has 2 aliphatic rings. The van der Waals surface area contributed by atoms with Gasteiger partial charge in [-0.25, -0.2) is 0 Å². The van der Waals surface area contributed by atoms with Crippen LogP contribution >= 0.6 is 0 Å². The van der Waals surface area contributed by atoms with E-state index in [1.54, 1.807) is 0 Å². The van der Waals surface area contributed by atoms with Crippen LogP contribution < -0.4 is 0 Å². The molecule has 2 heterocycles. The van der Waals surface area contributed by atoms with E-state index in [2.05, 4.69) is 37.5 Å². The van der Waals surface area contributed by atoms with Crippen LogP contribution in [0.5, 0.6) is 0 Å². The minimum absolute atomic E-state index is 0.678. The van der Waals surface area contributed by atoms with Crippen LogP contribution in [0.1, 0.15) is 47.0 Å². The topological polar surface area (TPSA) is 6.48 Å². The molecule has 0 bridgehead atoms. The number of hydrogen-bond acceptors (Lipinski definition) is 2. The van der Waals surface area contributed by atoms with Gasteiger partial charge in [-0.15, -0.1) is 0 Å². The van der Waals surface area contributed by atoms with Crippen LogP contribution in [0.3, 0.4) is 0 Å². The summed E-state index contributed by atoms with van der Waals surface area (Å²) in [4.78, 5) is 5.35. The molecule has 0 radical (unpaired) electrons. The van der Waals surface area contributed by atoms with Gasteiger partial charge in [0.15, 0.2) is 0 Å². The van der Waals surface area contributed by atoms with Crippen molar-refractivity contribution in [1.82, 2.24) is 9.80 Å². The molecule has 2 aliphatic heterocycles. The highest BCUT2D eigenvalue weighted by molar-refractivity contribution is 4.94. The van der Waals surface area contributed by atoms with Crippen molar-refractivity contribution in [3.05, 3.63) is 0 Å². The third kappa shape index (κ3) is 3.23. The maximum absolute atomic E-state index is 2.68. The Labute approximate surface area is 107 Å². The first-order valence-electron chi connectivity index (χ1n) is 7.47. The smallest absolute Gasteiger partial charge is 0.00421 e. The van der Waals surface area contributed by atoms with Crippen molar-refractivity contribution in [3.63, 3.8) is 0 Å². The summed E-state index contributed by atoms with van der Waals surface area (Å²) in [5.74, 6) is 0.819. The van der Waals surface area contributed by atoms with Gasteiger partial charge >= 0.3 is 0 Å². The van der Waals surface area contributed by atoms with Gasteiger partial charge in [0.2, 0.25) is 0 Å². The Morgan fingerprint density at radius 2 is 1.53 bits per heavy atom. The number of piperidine rings is 1. The summed E-state index contributed by atoms with van der Waals surface area (Å²) in [6, 6.07) is 0.739. The Hall–Kier alpha value is -0.0800. The Balaban J connectivity index is 1.82. The number of nitrogens with zero attached hydrogens (tertiary/aromatic N) is 2. The second-order valence-electron chi connectivity index (χ2n) is 7.01. The molecule has 100 valence electrons. The lowest BCUT2D eigenvalue weighted by Crippen LogP contribution is -2.43. The SMILES string of the molecule is CC(C)CN1CCC2(CC1)CCN(C(C)C)C2. The largest absolute Gasteiger partial charge is 0.303 e. The van der Waals surface area contributed by atoms with Crippen molar-refractivity contribution in [2.45, 2.75) is 53.0 Å². The van der Waals surface area contributed by atoms with E-state index in [0.29, 0.717) is 5.41 Å². The Morgan fingerprint density at radius 3 is 2.00 bits per heavy atom. The molecule has 1 spiro atoms. The molecule has 0 aliphatic carbocycles. The van der Waals surface area contributed by atoms with Crippen LogP contribution in [0, 0.1) is 11.3 Å². The first-order valence-corrected chi connectivity index (χ1v) is 7.47. The fraction of sp³-hybridized carbons (Fsp3) is 1.00. The van der Waals surface area contributed by atoms with Crippen molar-refractivity contribution < 1.29 is 0 Å². The summed E-state index contributed by atoms with van der Waals surface area (Å²) in [6.45, 7) is 16.0. The molecular weight excluding hydrogens is 208 g/mol. The van der Waals surface area contributed by atoms with Crippen molar-refractivity contribution >= 4 is 0 Å². The summed E-state index contributed by atoms with van der Waals surface area (Å²) in [5.41, 5.74) is 0.678. The van der Waals surface area contributed by atoms with E-state index in [1.165, 1.54) is 52.0 Å². The molecule has 2 fully saturated rings. The highest BCUT2D eigenvalue weighted by Crippen LogP contribution is 2.40. The molecule has 17 heavy (non-hydrogen) atoms. The van der Waals surface area contributed by atoms with E-state index in [4.69, 9.17) is 0 Å². The molecular formula is C15H30N2. The zero-order valence-corrected chi connectivity index (χ0v) is 12.2. The van der Waals surface area contributed by atoms with Gasteiger partial charge in [-0.3, -0.25) is 0 Å². The first-order chi connectivity index (χ1) is 8.01. The third-order valence-corrected chi connectivity index (χ3v) is 4.74. The van der Waals surface area contributed by atoms with Gasteiger partial charge in [0.1, 0.15) is 0 Å². The van der Waals surface area contributed by atoms with Crippen LogP contribution in [0.2, 0.25) is 0 Å². The molecule has 2 saturated heterocycles. The quantitative estimate of drug-likeness (QED) is 0.746. The minimum Gasteiger partial charge on any atom is -0.303 e. The second kappa shape index (κ2) is 5.27. The van der Waals surface area contributed by atoms with Gasteiger partial charge in [0.25, 0.3) is 0 Å². The molecule has 2 rings (SSSR count). The Bertz CT molecular complexity index is 239. The molecule has 0 amide bonds. The van der Waals surface area contributed by atoms with Crippen LogP contribution in [0.15, 0.2) is 0 Å². The maximum atomic E-state index is 2.68. The summed E-state index contributed by atoms with van der Waals surface area (Å²) in [6.07, 6.45) is 4.31. The third-order valence-electron chi connectivity index (χ3n) is 4.74. The zero-order valence-electron chi connectivity index (χ0n) is 12.2. The average molecular weight is 238 g/mol. The molecule has 0 saturated carbocycles. The predicted octanol–water partition coefficient (Wildman–Crippen LogP) is 2.84. The van der Waals surface area contributed by atoms with Gasteiger partial charge in [-0.05, 0) is 64.1 Å². The van der Waals surface area contributed by atoms with Gasteiger partial charge in [0.05, 0.1) is 0 Å². The summed E-state index contributed by atoms with van der Waals surface area (Å²) < 4.78 is 0. The number of likely N-dealkylation sites (tertiary alicyclic amines) is 2. The molecule has 2 heteroatoms. The van der Waals surface area contributed by atoms with Crippen LogP contribution in [-0.2, 0) is 0 Å². The van der Waals surface area contributed by atoms with Crippen LogP contribution in [0.4, 0.5) is 0 Å². The lowest BCUT2D eigenvalue weighted by molar-refractivity contribution is 0.0954. The first kappa shape index (κ1) is 13.4. The molecule has 0 unspecified atom stereocenters. The summed E-state index contributed by atoms with van der Waals surface area (Å²) >= 11 is 0. The molecule has 0 aromatic heterocycles. The monoisotopic (exact) mass is 238 g/mol. The fourth-order valence-corrected chi connectivity index (χ4v) is 3.54. The van der Waals surface area contributed by atoms with Gasteiger partial charge in [-0.2, -0.15) is 0 Å². The Kier molecular flexibility index (Phi) is 4.14. The molecule has 2 nitrogen and oxygen atoms in total. The lowest BCUT2D eigenvalue weighted by atomic mass is 9.77. The lowest BCUT2D eigenvalue weighted by Gasteiger charge is -2.40. The molecule has 0 N–H and O–H groups in total. The van der Waals surface area contributed by atoms with Crippen LogP contribution in [0.25, 0.3) is 0 Å². The number of hydrogen-bond donors (Lipinski definition) is 0. The molecule has 0 aromatic rings. The van der Waals surface area contributed by atoms with Gasteiger partial charge in [-0.1, -0.05) is 13.8 Å². The maximum Gasteiger partial charge on any atom is 0.00421 e. The molecule has 0 aromatic carbocycles. The average Bonchev–Trinajstić information content (AvgIpc) is 2.66. The van der Waals surface area contributed by atoms with Gasteiger partial charge < -0.3 is 9.80 Å². The summed E-state index contributed by atoms with van der Waals surface area (Å²) in [5, 5.41) is 0. The van der Waals surface area contributed by atoms with E-state index >= 15 is 0 Å². The van der Waals surface area contributed by atoms with E-state index in [-0.39, 0.29) is 0 Å². The zero-order chi connectivity index (χ0) is 12.5. The van der Waals surface area contributed by atoms with E-state index < -0.39 is 0 Å². The van der Waals surface area contributed by atoms with Gasteiger partial charge in [0, 0.05) is 19.1 Å². The van der Waals surface area contributed by atoms with E-state index in [9.17, 15) is 0 Å². The van der Waals surface area contributed by atoms with Crippen molar-refractivity contribution in [3.8, 4) is 0 Å². The highest BCUT2D eigenvalue weighted by atomic mass is 15.2. The Morgan fingerprint density at radius 1 is 0.941 bits per heavy atom. The minimum atomic E-state index is 0.678. The highest BCUT2D eigenvalue weighted by Gasteiger charge is 2.40. The van der Waals surface area contributed by atoms with E-state index in [1.807, 2.05) is 0 Å². The predicted molar refractivity (Wildman–Crippen MR) is 74.3 cm³/mol. The standard InChI is InChI=1S/C15H30N2/c1-13(2)11-16-8-5-15(6-9-16)7-10-17(12-15)14(3)4/h13-14H,5-12H2,1-4H3. The normalized spacial score (nSPS) is 26.5. The van der Waals surface area contributed by atoms with Crippen LogP contribution in [-0.4, -0.2) is 48.6 Å².